The standard InChI is InChI=1S/C17H27N3O3/c1-6-20-14(9-12(2)18-20)10-15(21)13-7-8-19(11-13)16(22)23-17(3,4)5/h9,13H,6-8,10-11H2,1-5H3. The van der Waals surface area contributed by atoms with E-state index < -0.39 is 5.60 Å². The molecule has 0 spiro atoms. The second kappa shape index (κ2) is 6.72. The third-order valence-corrected chi connectivity index (χ3v) is 3.94. The van der Waals surface area contributed by atoms with Gasteiger partial charge in [0.2, 0.25) is 0 Å². The molecule has 2 heterocycles. The van der Waals surface area contributed by atoms with Crippen molar-refractivity contribution in [1.82, 2.24) is 14.7 Å². The van der Waals surface area contributed by atoms with E-state index in [2.05, 4.69) is 5.10 Å². The first-order chi connectivity index (χ1) is 10.7. The predicted octanol–water partition coefficient (Wildman–Crippen LogP) is 2.58. The average molecular weight is 321 g/mol. The number of nitrogens with zero attached hydrogens (tertiary/aromatic N) is 3. The molecule has 0 radical (unpaired) electrons. The minimum absolute atomic E-state index is 0.108. The Kier molecular flexibility index (Phi) is 5.12. The van der Waals surface area contributed by atoms with Crippen LogP contribution in [0.25, 0.3) is 0 Å². The first-order valence-electron chi connectivity index (χ1n) is 8.23. The second-order valence-corrected chi connectivity index (χ2v) is 7.15. The van der Waals surface area contributed by atoms with Crippen molar-refractivity contribution >= 4 is 11.9 Å². The molecule has 0 N–H and O–H groups in total. The molecule has 1 unspecified atom stereocenters. The fourth-order valence-electron chi connectivity index (χ4n) is 2.85. The summed E-state index contributed by atoms with van der Waals surface area (Å²) in [5.74, 6) is 0.0636. The number of rotatable bonds is 4. The lowest BCUT2D eigenvalue weighted by Gasteiger charge is -2.24. The van der Waals surface area contributed by atoms with E-state index in [1.54, 1.807) is 4.90 Å². The van der Waals surface area contributed by atoms with Crippen LogP contribution in [0.2, 0.25) is 0 Å². The molecule has 6 nitrogen and oxygen atoms in total. The van der Waals surface area contributed by atoms with E-state index in [1.807, 2.05) is 45.4 Å². The van der Waals surface area contributed by atoms with Crippen molar-refractivity contribution in [2.24, 2.45) is 5.92 Å². The monoisotopic (exact) mass is 321 g/mol. The van der Waals surface area contributed by atoms with Crippen molar-refractivity contribution in [3.05, 3.63) is 17.5 Å². The number of carbonyl (C=O) groups is 2. The van der Waals surface area contributed by atoms with Crippen LogP contribution < -0.4 is 0 Å². The summed E-state index contributed by atoms with van der Waals surface area (Å²) in [4.78, 5) is 26.2. The van der Waals surface area contributed by atoms with Gasteiger partial charge in [-0.15, -0.1) is 0 Å². The Labute approximate surface area is 137 Å². The molecule has 2 rings (SSSR count). The molecule has 1 aromatic heterocycles. The average Bonchev–Trinajstić information content (AvgIpc) is 3.03. The lowest BCUT2D eigenvalue weighted by molar-refractivity contribution is -0.121. The summed E-state index contributed by atoms with van der Waals surface area (Å²) < 4.78 is 7.24. The molecule has 0 aromatic carbocycles. The van der Waals surface area contributed by atoms with Crippen LogP contribution in [0.15, 0.2) is 6.07 Å². The van der Waals surface area contributed by atoms with Crippen molar-refractivity contribution in [1.29, 1.82) is 0 Å². The van der Waals surface area contributed by atoms with Gasteiger partial charge < -0.3 is 9.64 Å². The maximum Gasteiger partial charge on any atom is 0.410 e. The van der Waals surface area contributed by atoms with E-state index in [4.69, 9.17) is 4.74 Å². The van der Waals surface area contributed by atoms with Gasteiger partial charge in [0.25, 0.3) is 0 Å². The zero-order chi connectivity index (χ0) is 17.2. The Morgan fingerprint density at radius 1 is 1.39 bits per heavy atom. The van der Waals surface area contributed by atoms with Gasteiger partial charge in [-0.25, -0.2) is 4.79 Å². The largest absolute Gasteiger partial charge is 0.444 e. The van der Waals surface area contributed by atoms with E-state index in [0.29, 0.717) is 25.9 Å². The maximum atomic E-state index is 12.5. The van der Waals surface area contributed by atoms with Gasteiger partial charge in [-0.2, -0.15) is 5.10 Å². The molecular weight excluding hydrogens is 294 g/mol. The fourth-order valence-corrected chi connectivity index (χ4v) is 2.85. The van der Waals surface area contributed by atoms with E-state index in [9.17, 15) is 9.59 Å². The fraction of sp³-hybridized carbons (Fsp3) is 0.706. The smallest absolute Gasteiger partial charge is 0.410 e. The van der Waals surface area contributed by atoms with Crippen molar-refractivity contribution in [3.63, 3.8) is 0 Å². The molecule has 1 fully saturated rings. The van der Waals surface area contributed by atoms with Crippen LogP contribution in [-0.2, 0) is 22.5 Å². The first kappa shape index (κ1) is 17.5. The number of likely N-dealkylation sites (tertiary alicyclic amines) is 1. The number of carbonyl (C=O) groups excluding carboxylic acids is 2. The molecule has 1 aliphatic rings. The Morgan fingerprint density at radius 2 is 2.09 bits per heavy atom. The molecular formula is C17H27N3O3. The van der Waals surface area contributed by atoms with Gasteiger partial charge in [-0.1, -0.05) is 0 Å². The lowest BCUT2D eigenvalue weighted by atomic mass is 9.99. The Hall–Kier alpha value is -1.85. The molecule has 128 valence electrons. The number of ether oxygens (including phenoxy) is 1. The van der Waals surface area contributed by atoms with Gasteiger partial charge in [0.05, 0.1) is 5.69 Å². The molecule has 6 heteroatoms. The number of hydrogen-bond donors (Lipinski definition) is 0. The number of aryl methyl sites for hydroxylation is 2. The maximum absolute atomic E-state index is 12.5. The quantitative estimate of drug-likeness (QED) is 0.855. The Bertz CT molecular complexity index is 586. The zero-order valence-electron chi connectivity index (χ0n) is 14.8. The molecule has 1 aromatic rings. The SMILES string of the molecule is CCn1nc(C)cc1CC(=O)C1CCN(C(=O)OC(C)(C)C)C1. The summed E-state index contributed by atoms with van der Waals surface area (Å²) in [5, 5.41) is 4.37. The molecule has 23 heavy (non-hydrogen) atoms. The van der Waals surface area contributed by atoms with Crippen LogP contribution in [0.5, 0.6) is 0 Å². The molecule has 1 atom stereocenters. The Morgan fingerprint density at radius 3 is 2.70 bits per heavy atom. The summed E-state index contributed by atoms with van der Waals surface area (Å²) >= 11 is 0. The summed E-state index contributed by atoms with van der Waals surface area (Å²) in [6.07, 6.45) is 0.751. The lowest BCUT2D eigenvalue weighted by Crippen LogP contribution is -2.36. The van der Waals surface area contributed by atoms with Crippen LogP contribution in [0, 0.1) is 12.8 Å². The van der Waals surface area contributed by atoms with E-state index in [1.165, 1.54) is 0 Å². The highest BCUT2D eigenvalue weighted by atomic mass is 16.6. The van der Waals surface area contributed by atoms with E-state index in [-0.39, 0.29) is 17.8 Å². The second-order valence-electron chi connectivity index (χ2n) is 7.15. The molecule has 0 saturated carbocycles. The van der Waals surface area contributed by atoms with Crippen molar-refractivity contribution < 1.29 is 14.3 Å². The number of Topliss-reactive ketones (excluding diaryl/α,β-unsaturated/α-hetero) is 1. The number of amides is 1. The molecule has 0 aliphatic carbocycles. The zero-order valence-corrected chi connectivity index (χ0v) is 14.8. The minimum Gasteiger partial charge on any atom is -0.444 e. The van der Waals surface area contributed by atoms with Crippen LogP contribution in [-0.4, -0.2) is 45.2 Å². The Balaban J connectivity index is 1.93. The van der Waals surface area contributed by atoms with Crippen LogP contribution in [0.1, 0.15) is 45.5 Å². The molecule has 1 amide bonds. The van der Waals surface area contributed by atoms with Gasteiger partial charge in [0, 0.05) is 37.7 Å². The normalized spacial score (nSPS) is 18.3. The van der Waals surface area contributed by atoms with Crippen LogP contribution >= 0.6 is 0 Å². The van der Waals surface area contributed by atoms with Crippen molar-refractivity contribution in [2.75, 3.05) is 13.1 Å². The molecule has 0 bridgehead atoms. The first-order valence-corrected chi connectivity index (χ1v) is 8.23. The summed E-state index contributed by atoms with van der Waals surface area (Å²) in [7, 11) is 0. The topological polar surface area (TPSA) is 64.4 Å². The van der Waals surface area contributed by atoms with Gasteiger partial charge in [-0.05, 0) is 47.1 Å². The minimum atomic E-state index is -0.510. The van der Waals surface area contributed by atoms with Gasteiger partial charge in [-0.3, -0.25) is 9.48 Å². The van der Waals surface area contributed by atoms with Crippen molar-refractivity contribution in [3.8, 4) is 0 Å². The van der Waals surface area contributed by atoms with Gasteiger partial charge >= 0.3 is 6.09 Å². The number of ketones is 1. The predicted molar refractivity (Wildman–Crippen MR) is 87.3 cm³/mol. The van der Waals surface area contributed by atoms with Crippen molar-refractivity contribution in [2.45, 2.75) is 59.6 Å². The van der Waals surface area contributed by atoms with Gasteiger partial charge in [0.1, 0.15) is 11.4 Å². The number of aromatic nitrogens is 2. The summed E-state index contributed by atoms with van der Waals surface area (Å²) in [6, 6.07) is 1.96. The van der Waals surface area contributed by atoms with Gasteiger partial charge in [0.15, 0.2) is 0 Å². The number of hydrogen-bond acceptors (Lipinski definition) is 4. The summed E-state index contributed by atoms with van der Waals surface area (Å²) in [6.45, 7) is 11.3. The molecule has 1 aliphatic heterocycles. The van der Waals surface area contributed by atoms with E-state index >= 15 is 0 Å². The van der Waals surface area contributed by atoms with Crippen LogP contribution in [0.3, 0.4) is 0 Å². The summed E-state index contributed by atoms with van der Waals surface area (Å²) in [5.41, 5.74) is 1.37. The molecule has 1 saturated heterocycles. The highest BCUT2D eigenvalue weighted by Gasteiger charge is 2.33. The third-order valence-electron chi connectivity index (χ3n) is 3.94. The van der Waals surface area contributed by atoms with Crippen LogP contribution in [0.4, 0.5) is 4.79 Å². The highest BCUT2D eigenvalue weighted by Crippen LogP contribution is 2.21. The highest BCUT2D eigenvalue weighted by molar-refractivity contribution is 5.84. The van der Waals surface area contributed by atoms with E-state index in [0.717, 1.165) is 17.9 Å². The third kappa shape index (κ3) is 4.56.